The van der Waals surface area contributed by atoms with E-state index in [2.05, 4.69) is 5.32 Å². The highest BCUT2D eigenvalue weighted by Crippen LogP contribution is 2.24. The Morgan fingerprint density at radius 2 is 1.40 bits per heavy atom. The molecule has 7 heteroatoms. The molecule has 3 rings (SSSR count). The molecule has 3 amide bonds. The zero-order chi connectivity index (χ0) is 17.8. The number of piperidine rings is 2. The minimum Gasteiger partial charge on any atom is -0.481 e. The molecule has 0 bridgehead atoms. The van der Waals surface area contributed by atoms with Gasteiger partial charge in [0, 0.05) is 32.2 Å². The first-order chi connectivity index (χ1) is 12.0. The van der Waals surface area contributed by atoms with E-state index in [-0.39, 0.29) is 23.9 Å². The smallest absolute Gasteiger partial charge is 0.317 e. The molecule has 2 aliphatic heterocycles. The van der Waals surface area contributed by atoms with Crippen LogP contribution in [-0.4, -0.2) is 65.0 Å². The van der Waals surface area contributed by atoms with Gasteiger partial charge in [-0.05, 0) is 38.5 Å². The second-order valence-electron chi connectivity index (χ2n) is 7.68. The minimum atomic E-state index is -0.821. The first kappa shape index (κ1) is 18.0. The van der Waals surface area contributed by atoms with Crippen LogP contribution in [0.5, 0.6) is 0 Å². The lowest BCUT2D eigenvalue weighted by Crippen LogP contribution is -2.52. The summed E-state index contributed by atoms with van der Waals surface area (Å²) in [4.78, 5) is 39.9. The maximum absolute atomic E-state index is 12.8. The highest BCUT2D eigenvalue weighted by molar-refractivity contribution is 5.82. The van der Waals surface area contributed by atoms with E-state index in [4.69, 9.17) is 0 Å². The minimum absolute atomic E-state index is 0.0179. The topological polar surface area (TPSA) is 90.0 Å². The van der Waals surface area contributed by atoms with Gasteiger partial charge in [0.2, 0.25) is 5.91 Å². The van der Waals surface area contributed by atoms with Gasteiger partial charge in [-0.3, -0.25) is 9.59 Å². The summed E-state index contributed by atoms with van der Waals surface area (Å²) in [7, 11) is 0. The van der Waals surface area contributed by atoms with E-state index in [0.29, 0.717) is 32.6 Å². The van der Waals surface area contributed by atoms with Crippen LogP contribution in [0, 0.1) is 11.8 Å². The maximum atomic E-state index is 12.8. The highest BCUT2D eigenvalue weighted by atomic mass is 16.4. The highest BCUT2D eigenvalue weighted by Gasteiger charge is 2.35. The number of carbonyl (C=O) groups is 3. The van der Waals surface area contributed by atoms with Crippen LogP contribution < -0.4 is 5.32 Å². The molecule has 2 unspecified atom stereocenters. The number of carboxylic acid groups (broad SMARTS) is 1. The third kappa shape index (κ3) is 4.44. The fourth-order valence-corrected chi connectivity index (χ4v) is 4.34. The molecule has 25 heavy (non-hydrogen) atoms. The molecule has 2 heterocycles. The van der Waals surface area contributed by atoms with E-state index < -0.39 is 11.9 Å². The monoisotopic (exact) mass is 351 g/mol. The number of nitrogens with one attached hydrogen (secondary N) is 1. The normalized spacial score (nSPS) is 28.0. The summed E-state index contributed by atoms with van der Waals surface area (Å²) < 4.78 is 0. The molecule has 140 valence electrons. The first-order valence-corrected chi connectivity index (χ1v) is 9.61. The van der Waals surface area contributed by atoms with Crippen molar-refractivity contribution in [3.8, 4) is 0 Å². The zero-order valence-corrected chi connectivity index (χ0v) is 14.8. The number of carboxylic acids is 1. The summed E-state index contributed by atoms with van der Waals surface area (Å²) in [5, 5.41) is 12.3. The van der Waals surface area contributed by atoms with E-state index in [9.17, 15) is 19.5 Å². The second-order valence-corrected chi connectivity index (χ2v) is 7.68. The third-order valence-electron chi connectivity index (χ3n) is 5.82. The average Bonchev–Trinajstić information content (AvgIpc) is 3.14. The molecule has 3 aliphatic rings. The first-order valence-electron chi connectivity index (χ1n) is 9.61. The van der Waals surface area contributed by atoms with E-state index in [1.807, 2.05) is 0 Å². The van der Waals surface area contributed by atoms with E-state index >= 15 is 0 Å². The van der Waals surface area contributed by atoms with Gasteiger partial charge in [-0.15, -0.1) is 0 Å². The molecule has 0 radical (unpaired) electrons. The summed E-state index contributed by atoms with van der Waals surface area (Å²) in [6, 6.07) is 0.230. The van der Waals surface area contributed by atoms with Crippen molar-refractivity contribution in [1.29, 1.82) is 0 Å². The van der Waals surface area contributed by atoms with Crippen LogP contribution in [0.3, 0.4) is 0 Å². The quantitative estimate of drug-likeness (QED) is 0.809. The lowest BCUT2D eigenvalue weighted by molar-refractivity contribution is -0.147. The molecule has 0 aromatic rings. The van der Waals surface area contributed by atoms with Crippen molar-refractivity contribution in [1.82, 2.24) is 15.1 Å². The number of rotatable bonds is 3. The van der Waals surface area contributed by atoms with Crippen LogP contribution in [0.4, 0.5) is 4.79 Å². The zero-order valence-electron chi connectivity index (χ0n) is 14.8. The van der Waals surface area contributed by atoms with Gasteiger partial charge >= 0.3 is 12.0 Å². The third-order valence-corrected chi connectivity index (χ3v) is 5.82. The molecule has 1 saturated carbocycles. The van der Waals surface area contributed by atoms with Crippen molar-refractivity contribution in [2.75, 3.05) is 26.2 Å². The fraction of sp³-hybridized carbons (Fsp3) is 0.833. The molecule has 7 nitrogen and oxygen atoms in total. The Labute approximate surface area is 148 Å². The molecule has 2 N–H and O–H groups in total. The Morgan fingerprint density at radius 1 is 0.800 bits per heavy atom. The standard InChI is InChI=1S/C18H29N3O4/c22-16(20-9-4-6-14(12-20)17(23)24)13-5-3-10-21(11-13)18(25)19-15-7-1-2-8-15/h13-15H,1-12H2,(H,19,25)(H,23,24). The number of likely N-dealkylation sites (tertiary alicyclic amines) is 2. The molecule has 2 saturated heterocycles. The predicted molar refractivity (Wildman–Crippen MR) is 92.0 cm³/mol. The summed E-state index contributed by atoms with van der Waals surface area (Å²) in [5.74, 6) is -1.46. The van der Waals surface area contributed by atoms with Crippen LogP contribution >= 0.6 is 0 Å². The van der Waals surface area contributed by atoms with Gasteiger partial charge in [0.05, 0.1) is 11.8 Å². The van der Waals surface area contributed by atoms with Crippen LogP contribution in [-0.2, 0) is 9.59 Å². The Kier molecular flexibility index (Phi) is 5.81. The van der Waals surface area contributed by atoms with Crippen molar-refractivity contribution < 1.29 is 19.5 Å². The number of aliphatic carboxylic acids is 1. The van der Waals surface area contributed by atoms with Gasteiger partial charge < -0.3 is 20.2 Å². The van der Waals surface area contributed by atoms with Gasteiger partial charge in [0.1, 0.15) is 0 Å². The van der Waals surface area contributed by atoms with E-state index in [1.165, 1.54) is 12.8 Å². The number of hydrogen-bond donors (Lipinski definition) is 2. The largest absolute Gasteiger partial charge is 0.481 e. The van der Waals surface area contributed by atoms with Crippen LogP contribution in [0.1, 0.15) is 51.4 Å². The number of amides is 3. The van der Waals surface area contributed by atoms with Crippen molar-refractivity contribution in [2.24, 2.45) is 11.8 Å². The Balaban J connectivity index is 1.54. The SMILES string of the molecule is O=C(O)C1CCCN(C(=O)C2CCCN(C(=O)NC3CCCC3)C2)C1. The second kappa shape index (κ2) is 8.06. The summed E-state index contributed by atoms with van der Waals surface area (Å²) >= 11 is 0. The van der Waals surface area contributed by atoms with Gasteiger partial charge in [0.25, 0.3) is 0 Å². The summed E-state index contributed by atoms with van der Waals surface area (Å²) in [5.41, 5.74) is 0. The van der Waals surface area contributed by atoms with Crippen molar-refractivity contribution in [2.45, 2.75) is 57.4 Å². The molecular formula is C18H29N3O4. The van der Waals surface area contributed by atoms with Crippen LogP contribution in [0.2, 0.25) is 0 Å². The maximum Gasteiger partial charge on any atom is 0.317 e. The molecular weight excluding hydrogens is 322 g/mol. The van der Waals surface area contributed by atoms with Crippen molar-refractivity contribution >= 4 is 17.9 Å². The number of nitrogens with zero attached hydrogens (tertiary/aromatic N) is 2. The van der Waals surface area contributed by atoms with Crippen LogP contribution in [0.15, 0.2) is 0 Å². The lowest BCUT2D eigenvalue weighted by atomic mass is 9.93. The van der Waals surface area contributed by atoms with Gasteiger partial charge in [0.15, 0.2) is 0 Å². The van der Waals surface area contributed by atoms with Crippen molar-refractivity contribution in [3.05, 3.63) is 0 Å². The Bertz CT molecular complexity index is 518. The summed E-state index contributed by atoms with van der Waals surface area (Å²) in [6.45, 7) is 2.08. The van der Waals surface area contributed by atoms with Gasteiger partial charge in [-0.2, -0.15) is 0 Å². The molecule has 1 aliphatic carbocycles. The Hall–Kier alpha value is -1.79. The van der Waals surface area contributed by atoms with E-state index in [0.717, 1.165) is 32.1 Å². The fourth-order valence-electron chi connectivity index (χ4n) is 4.34. The lowest BCUT2D eigenvalue weighted by Gasteiger charge is -2.37. The summed E-state index contributed by atoms with van der Waals surface area (Å²) in [6.07, 6.45) is 7.42. The van der Waals surface area contributed by atoms with Crippen molar-refractivity contribution in [3.63, 3.8) is 0 Å². The van der Waals surface area contributed by atoms with Crippen LogP contribution in [0.25, 0.3) is 0 Å². The molecule has 0 spiro atoms. The number of urea groups is 1. The predicted octanol–water partition coefficient (Wildman–Crippen LogP) is 1.67. The molecule has 0 aromatic heterocycles. The Morgan fingerprint density at radius 3 is 2.08 bits per heavy atom. The number of hydrogen-bond acceptors (Lipinski definition) is 3. The van der Waals surface area contributed by atoms with Gasteiger partial charge in [-0.25, -0.2) is 4.79 Å². The molecule has 0 aromatic carbocycles. The molecule has 2 atom stereocenters. The average molecular weight is 351 g/mol. The number of carbonyl (C=O) groups excluding carboxylic acids is 2. The molecule has 3 fully saturated rings. The van der Waals surface area contributed by atoms with Gasteiger partial charge in [-0.1, -0.05) is 12.8 Å². The van der Waals surface area contributed by atoms with E-state index in [1.54, 1.807) is 9.80 Å².